The number of aromatic nitrogens is 1. The van der Waals surface area contributed by atoms with Gasteiger partial charge in [-0.15, -0.1) is 0 Å². The Morgan fingerprint density at radius 3 is 2.35 bits per heavy atom. The molecule has 26 heavy (non-hydrogen) atoms. The van der Waals surface area contributed by atoms with Crippen LogP contribution in [0.25, 0.3) is 10.9 Å². The lowest BCUT2D eigenvalue weighted by Crippen LogP contribution is -2.26. The summed E-state index contributed by atoms with van der Waals surface area (Å²) in [4.78, 5) is 0. The Kier molecular flexibility index (Phi) is 4.62. The quantitative estimate of drug-likeness (QED) is 0.667. The third kappa shape index (κ3) is 3.43. The largest absolute Gasteiger partial charge is 0.343 e. The Morgan fingerprint density at radius 2 is 1.65 bits per heavy atom. The van der Waals surface area contributed by atoms with Crippen LogP contribution in [-0.4, -0.2) is 17.7 Å². The van der Waals surface area contributed by atoms with E-state index in [0.717, 1.165) is 19.6 Å². The zero-order chi connectivity index (χ0) is 18.1. The average molecular weight is 347 g/mol. The van der Waals surface area contributed by atoms with Gasteiger partial charge in [-0.05, 0) is 60.0 Å². The summed E-state index contributed by atoms with van der Waals surface area (Å²) in [6.07, 6.45) is 4.90. The van der Waals surface area contributed by atoms with Crippen molar-refractivity contribution in [2.75, 3.05) is 13.1 Å². The first kappa shape index (κ1) is 17.4. The maximum absolute atomic E-state index is 3.49. The van der Waals surface area contributed by atoms with E-state index in [0.29, 0.717) is 5.92 Å². The number of para-hydroxylation sites is 1. The van der Waals surface area contributed by atoms with Gasteiger partial charge in [0.15, 0.2) is 0 Å². The molecule has 0 atom stereocenters. The molecule has 1 aliphatic heterocycles. The number of hydrogen-bond donors (Lipinski definition) is 1. The van der Waals surface area contributed by atoms with Crippen molar-refractivity contribution in [1.82, 2.24) is 9.88 Å². The number of piperidine rings is 1. The molecule has 0 unspecified atom stereocenters. The zero-order valence-corrected chi connectivity index (χ0v) is 16.3. The minimum absolute atomic E-state index is 0.209. The van der Waals surface area contributed by atoms with Crippen LogP contribution in [0.4, 0.5) is 0 Å². The second-order valence-electron chi connectivity index (χ2n) is 8.70. The first-order valence-electron chi connectivity index (χ1n) is 9.90. The third-order valence-electron chi connectivity index (χ3n) is 5.77. The second kappa shape index (κ2) is 6.92. The van der Waals surface area contributed by atoms with Crippen LogP contribution in [0, 0.1) is 0 Å². The summed E-state index contributed by atoms with van der Waals surface area (Å²) in [5, 5.41) is 4.93. The number of nitrogens with zero attached hydrogens (tertiary/aromatic N) is 1. The smallest absolute Gasteiger partial charge is 0.0486 e. The number of hydrogen-bond acceptors (Lipinski definition) is 1. The molecule has 0 radical (unpaired) electrons. The van der Waals surface area contributed by atoms with Crippen molar-refractivity contribution in [3.8, 4) is 0 Å². The van der Waals surface area contributed by atoms with Crippen molar-refractivity contribution in [2.45, 2.75) is 51.5 Å². The summed E-state index contributed by atoms with van der Waals surface area (Å²) >= 11 is 0. The third-order valence-corrected chi connectivity index (χ3v) is 5.77. The van der Waals surface area contributed by atoms with E-state index in [1.54, 1.807) is 0 Å². The molecule has 1 fully saturated rings. The lowest BCUT2D eigenvalue weighted by atomic mass is 9.87. The Hall–Kier alpha value is -2.06. The fourth-order valence-corrected chi connectivity index (χ4v) is 4.17. The van der Waals surface area contributed by atoms with E-state index >= 15 is 0 Å². The Balaban J connectivity index is 1.66. The van der Waals surface area contributed by atoms with E-state index in [1.807, 2.05) is 0 Å². The van der Waals surface area contributed by atoms with Crippen LogP contribution in [-0.2, 0) is 12.0 Å². The minimum atomic E-state index is 0.209. The van der Waals surface area contributed by atoms with Crippen molar-refractivity contribution < 1.29 is 0 Å². The highest BCUT2D eigenvalue weighted by Gasteiger charge is 2.20. The molecule has 1 saturated heterocycles. The summed E-state index contributed by atoms with van der Waals surface area (Å²) in [6.45, 7) is 10.0. The van der Waals surface area contributed by atoms with Crippen molar-refractivity contribution in [3.05, 3.63) is 71.4 Å². The van der Waals surface area contributed by atoms with Crippen LogP contribution in [0.1, 0.15) is 56.2 Å². The molecule has 0 aliphatic carbocycles. The van der Waals surface area contributed by atoms with Crippen LogP contribution >= 0.6 is 0 Å². The molecule has 4 rings (SSSR count). The van der Waals surface area contributed by atoms with Gasteiger partial charge in [0.1, 0.15) is 0 Å². The summed E-state index contributed by atoms with van der Waals surface area (Å²) in [5.74, 6) is 0.686. The molecular formula is C24H30N2. The molecular weight excluding hydrogens is 316 g/mol. The van der Waals surface area contributed by atoms with Gasteiger partial charge in [0.2, 0.25) is 0 Å². The van der Waals surface area contributed by atoms with Crippen LogP contribution < -0.4 is 5.32 Å². The summed E-state index contributed by atoms with van der Waals surface area (Å²) in [7, 11) is 0. The number of benzene rings is 2. The predicted molar refractivity (Wildman–Crippen MR) is 111 cm³/mol. The number of rotatable bonds is 3. The fourth-order valence-electron chi connectivity index (χ4n) is 4.17. The molecule has 3 aromatic rings. The highest BCUT2D eigenvalue weighted by atomic mass is 15.0. The van der Waals surface area contributed by atoms with Gasteiger partial charge in [-0.2, -0.15) is 0 Å². The van der Waals surface area contributed by atoms with Crippen molar-refractivity contribution in [3.63, 3.8) is 0 Å². The van der Waals surface area contributed by atoms with Crippen LogP contribution in [0.5, 0.6) is 0 Å². The molecule has 2 heterocycles. The normalized spacial score (nSPS) is 16.3. The van der Waals surface area contributed by atoms with E-state index in [2.05, 4.69) is 85.4 Å². The predicted octanol–water partition coefficient (Wildman–Crippen LogP) is 5.45. The van der Waals surface area contributed by atoms with Crippen LogP contribution in [0.2, 0.25) is 0 Å². The monoisotopic (exact) mass is 346 g/mol. The highest BCUT2D eigenvalue weighted by molar-refractivity contribution is 5.84. The molecule has 0 bridgehead atoms. The van der Waals surface area contributed by atoms with E-state index in [-0.39, 0.29) is 5.41 Å². The maximum Gasteiger partial charge on any atom is 0.0486 e. The topological polar surface area (TPSA) is 17.0 Å². The highest BCUT2D eigenvalue weighted by Crippen LogP contribution is 2.33. The molecule has 1 aliphatic rings. The Morgan fingerprint density at radius 1 is 0.962 bits per heavy atom. The van der Waals surface area contributed by atoms with Crippen molar-refractivity contribution >= 4 is 10.9 Å². The SMILES string of the molecule is CC(C)(C)c1ccc(Cn2cc(C3CCNCC3)c3ccccc32)cc1. The van der Waals surface area contributed by atoms with E-state index in [1.165, 1.54) is 40.4 Å². The van der Waals surface area contributed by atoms with E-state index in [9.17, 15) is 0 Å². The molecule has 1 N–H and O–H groups in total. The average Bonchev–Trinajstić information content (AvgIpc) is 3.01. The Bertz CT molecular complexity index is 875. The molecule has 1 aromatic heterocycles. The Labute approximate surface area is 157 Å². The van der Waals surface area contributed by atoms with Gasteiger partial charge >= 0.3 is 0 Å². The summed E-state index contributed by atoms with van der Waals surface area (Å²) < 4.78 is 2.44. The molecule has 0 saturated carbocycles. The van der Waals surface area contributed by atoms with Crippen LogP contribution in [0.3, 0.4) is 0 Å². The van der Waals surface area contributed by atoms with Crippen molar-refractivity contribution in [2.24, 2.45) is 0 Å². The fraction of sp³-hybridized carbons (Fsp3) is 0.417. The molecule has 136 valence electrons. The molecule has 2 nitrogen and oxygen atoms in total. The van der Waals surface area contributed by atoms with Gasteiger partial charge in [0.05, 0.1) is 0 Å². The van der Waals surface area contributed by atoms with Crippen molar-refractivity contribution in [1.29, 1.82) is 0 Å². The second-order valence-corrected chi connectivity index (χ2v) is 8.70. The standard InChI is InChI=1S/C24H30N2/c1-24(2,3)20-10-8-18(9-11-20)16-26-17-22(19-12-14-25-15-13-19)21-6-4-5-7-23(21)26/h4-11,17,19,25H,12-16H2,1-3H3. The molecule has 0 spiro atoms. The van der Waals surface area contributed by atoms with Gasteiger partial charge in [-0.3, -0.25) is 0 Å². The first-order chi connectivity index (χ1) is 12.5. The van der Waals surface area contributed by atoms with Gasteiger partial charge in [0.25, 0.3) is 0 Å². The van der Waals surface area contributed by atoms with E-state index in [4.69, 9.17) is 0 Å². The van der Waals surface area contributed by atoms with Gasteiger partial charge in [0, 0.05) is 23.6 Å². The lowest BCUT2D eigenvalue weighted by molar-refractivity contribution is 0.461. The van der Waals surface area contributed by atoms with Crippen LogP contribution in [0.15, 0.2) is 54.7 Å². The molecule has 2 heteroatoms. The summed E-state index contributed by atoms with van der Waals surface area (Å²) in [6, 6.07) is 18.1. The van der Waals surface area contributed by atoms with Gasteiger partial charge in [-0.1, -0.05) is 63.2 Å². The molecule has 2 aromatic carbocycles. The lowest BCUT2D eigenvalue weighted by Gasteiger charge is -2.22. The number of fused-ring (bicyclic) bond motifs is 1. The van der Waals surface area contributed by atoms with Gasteiger partial charge in [-0.25, -0.2) is 0 Å². The molecule has 0 amide bonds. The maximum atomic E-state index is 3.49. The van der Waals surface area contributed by atoms with E-state index < -0.39 is 0 Å². The first-order valence-corrected chi connectivity index (χ1v) is 9.90. The number of nitrogens with one attached hydrogen (secondary N) is 1. The zero-order valence-electron chi connectivity index (χ0n) is 16.3. The minimum Gasteiger partial charge on any atom is -0.343 e. The summed E-state index contributed by atoms with van der Waals surface area (Å²) in [5.41, 5.74) is 5.87. The van der Waals surface area contributed by atoms with Gasteiger partial charge < -0.3 is 9.88 Å².